The van der Waals surface area contributed by atoms with Crippen molar-refractivity contribution in [1.82, 2.24) is 4.98 Å². The third-order valence-electron chi connectivity index (χ3n) is 5.05. The maximum Gasteiger partial charge on any atom is 0.509 e. The average Bonchev–Trinajstić information content (AvgIpc) is 2.87. The number of carbonyl (C=O) groups excluding carboxylic acids is 2. The van der Waals surface area contributed by atoms with Crippen LogP contribution in [-0.2, 0) is 32.2 Å². The van der Waals surface area contributed by atoms with Gasteiger partial charge < -0.3 is 18.9 Å². The number of benzene rings is 2. The van der Waals surface area contributed by atoms with Crippen molar-refractivity contribution in [1.29, 1.82) is 0 Å². The zero-order valence-corrected chi connectivity index (χ0v) is 18.7. The lowest BCUT2D eigenvalue weighted by Gasteiger charge is -2.23. The van der Waals surface area contributed by atoms with Crippen LogP contribution in [0.3, 0.4) is 0 Å². The summed E-state index contributed by atoms with van der Waals surface area (Å²) in [4.78, 5) is 29.4. The third-order valence-corrected chi connectivity index (χ3v) is 5.05. The van der Waals surface area contributed by atoms with Gasteiger partial charge in [-0.3, -0.25) is 9.78 Å². The van der Waals surface area contributed by atoms with Gasteiger partial charge in [0.1, 0.15) is 19.0 Å². The minimum atomic E-state index is -0.919. The molecule has 0 bridgehead atoms. The van der Waals surface area contributed by atoms with Gasteiger partial charge in [-0.05, 0) is 30.2 Å². The van der Waals surface area contributed by atoms with Gasteiger partial charge >= 0.3 is 6.16 Å². The lowest BCUT2D eigenvalue weighted by atomic mass is 9.93. The summed E-state index contributed by atoms with van der Waals surface area (Å²) in [6, 6.07) is 22.4. The van der Waals surface area contributed by atoms with E-state index in [1.807, 2.05) is 60.7 Å². The molecule has 0 radical (unpaired) electrons. The predicted molar refractivity (Wildman–Crippen MR) is 122 cm³/mol. The van der Waals surface area contributed by atoms with Crippen LogP contribution in [0.15, 0.2) is 79.0 Å². The Labute approximate surface area is 193 Å². The minimum absolute atomic E-state index is 0.0590. The van der Waals surface area contributed by atoms with Crippen LogP contribution in [0.1, 0.15) is 29.7 Å². The Balaban J connectivity index is 1.65. The van der Waals surface area contributed by atoms with E-state index in [9.17, 15) is 9.59 Å². The number of hydrogen-bond donors (Lipinski definition) is 0. The summed E-state index contributed by atoms with van der Waals surface area (Å²) < 4.78 is 21.5. The van der Waals surface area contributed by atoms with E-state index in [0.29, 0.717) is 18.1 Å². The zero-order valence-electron chi connectivity index (χ0n) is 18.7. The van der Waals surface area contributed by atoms with E-state index >= 15 is 0 Å². The number of aromatic nitrogens is 1. The number of nitrogens with zero attached hydrogens (tertiary/aromatic N) is 1. The van der Waals surface area contributed by atoms with Gasteiger partial charge in [0.15, 0.2) is 12.4 Å². The molecule has 3 aromatic rings. The highest BCUT2D eigenvalue weighted by Gasteiger charge is 2.32. The Hall–Kier alpha value is -3.71. The summed E-state index contributed by atoms with van der Waals surface area (Å²) in [5, 5.41) is 0. The van der Waals surface area contributed by atoms with Crippen molar-refractivity contribution in [3.63, 3.8) is 0 Å². The summed E-state index contributed by atoms with van der Waals surface area (Å²) in [5.74, 6) is -0.691. The molecule has 2 aromatic carbocycles. The van der Waals surface area contributed by atoms with Crippen LogP contribution < -0.4 is 4.74 Å². The van der Waals surface area contributed by atoms with E-state index in [0.717, 1.165) is 11.1 Å². The average molecular weight is 450 g/mol. The summed E-state index contributed by atoms with van der Waals surface area (Å²) in [6.07, 6.45) is 0.149. The predicted octanol–water partition coefficient (Wildman–Crippen LogP) is 4.70. The van der Waals surface area contributed by atoms with Gasteiger partial charge in [0.25, 0.3) is 0 Å². The van der Waals surface area contributed by atoms with Gasteiger partial charge in [-0.15, -0.1) is 0 Å². The van der Waals surface area contributed by atoms with Crippen LogP contribution in [0.5, 0.6) is 5.75 Å². The molecule has 172 valence electrons. The lowest BCUT2D eigenvalue weighted by molar-refractivity contribution is -0.127. The molecule has 1 aromatic heterocycles. The highest BCUT2D eigenvalue weighted by atomic mass is 16.7. The maximum atomic E-state index is 13.0. The van der Waals surface area contributed by atoms with E-state index < -0.39 is 24.8 Å². The van der Waals surface area contributed by atoms with E-state index in [4.69, 9.17) is 18.9 Å². The maximum absolute atomic E-state index is 13.0. The Morgan fingerprint density at radius 3 is 2.12 bits per heavy atom. The fraction of sp³-hybridized carbons (Fsp3) is 0.269. The second-order valence-electron chi connectivity index (χ2n) is 7.36. The Morgan fingerprint density at radius 1 is 0.848 bits per heavy atom. The van der Waals surface area contributed by atoms with Gasteiger partial charge in [0, 0.05) is 13.3 Å². The van der Waals surface area contributed by atoms with Crippen molar-refractivity contribution in [2.75, 3.05) is 13.7 Å². The van der Waals surface area contributed by atoms with E-state index in [1.165, 1.54) is 7.11 Å². The minimum Gasteiger partial charge on any atom is -0.487 e. The summed E-state index contributed by atoms with van der Waals surface area (Å²) in [6.45, 7) is 1.67. The fourth-order valence-corrected chi connectivity index (χ4v) is 3.24. The molecule has 0 N–H and O–H groups in total. The van der Waals surface area contributed by atoms with Gasteiger partial charge in [0.2, 0.25) is 0 Å². The number of carbonyl (C=O) groups is 2. The zero-order chi connectivity index (χ0) is 23.5. The monoisotopic (exact) mass is 449 g/mol. The molecule has 0 aliphatic rings. The topological polar surface area (TPSA) is 84.0 Å². The van der Waals surface area contributed by atoms with Crippen molar-refractivity contribution in [2.24, 2.45) is 0 Å². The van der Waals surface area contributed by atoms with E-state index in [2.05, 4.69) is 4.98 Å². The van der Waals surface area contributed by atoms with Crippen LogP contribution >= 0.6 is 0 Å². The van der Waals surface area contributed by atoms with Crippen LogP contribution in [0.2, 0.25) is 0 Å². The first-order chi connectivity index (χ1) is 16.1. The molecule has 7 heteroatoms. The molecule has 2 atom stereocenters. The molecular formula is C26H27NO6. The Kier molecular flexibility index (Phi) is 8.97. The molecule has 0 amide bonds. The van der Waals surface area contributed by atoms with Crippen molar-refractivity contribution < 1.29 is 28.5 Å². The Bertz CT molecular complexity index is 1030. The molecular weight excluding hydrogens is 422 g/mol. The largest absolute Gasteiger partial charge is 0.509 e. The number of Topliss-reactive ketones (excluding diaryl/α,β-unsaturated/α-hetero) is 1. The smallest absolute Gasteiger partial charge is 0.487 e. The van der Waals surface area contributed by atoms with Crippen LogP contribution in [0, 0.1) is 0 Å². The molecule has 0 spiro atoms. The standard InChI is InChI=1S/C26H27NO6/c1-19(30-2)24(22(28)18-33-26(29)32-17-21-12-7-4-8-13-21)25-23(14-9-15-27-25)31-16-20-10-5-3-6-11-20/h3-15,19,24H,16-18H2,1-2H3. The number of pyridine rings is 1. The summed E-state index contributed by atoms with van der Waals surface area (Å²) in [5.41, 5.74) is 2.23. The number of rotatable bonds is 11. The van der Waals surface area contributed by atoms with Crippen LogP contribution in [-0.4, -0.2) is 36.7 Å². The second kappa shape index (κ2) is 12.4. The molecule has 7 nitrogen and oxygen atoms in total. The third kappa shape index (κ3) is 7.15. The van der Waals surface area contributed by atoms with Crippen LogP contribution in [0.4, 0.5) is 4.79 Å². The first-order valence-corrected chi connectivity index (χ1v) is 10.6. The summed E-state index contributed by atoms with van der Waals surface area (Å²) >= 11 is 0. The second-order valence-corrected chi connectivity index (χ2v) is 7.36. The first-order valence-electron chi connectivity index (χ1n) is 10.6. The van der Waals surface area contributed by atoms with Gasteiger partial charge in [-0.2, -0.15) is 0 Å². The van der Waals surface area contributed by atoms with E-state index in [1.54, 1.807) is 25.3 Å². The van der Waals surface area contributed by atoms with Crippen molar-refractivity contribution in [3.8, 4) is 5.75 Å². The molecule has 33 heavy (non-hydrogen) atoms. The molecule has 2 unspecified atom stereocenters. The number of methoxy groups -OCH3 is 1. The molecule has 1 heterocycles. The molecule has 0 aliphatic heterocycles. The first kappa shape index (κ1) is 23.9. The molecule has 3 rings (SSSR count). The van der Waals surface area contributed by atoms with Crippen molar-refractivity contribution in [2.45, 2.75) is 32.2 Å². The quantitative estimate of drug-likeness (QED) is 0.392. The van der Waals surface area contributed by atoms with Crippen LogP contribution in [0.25, 0.3) is 0 Å². The fourth-order valence-electron chi connectivity index (χ4n) is 3.24. The highest BCUT2D eigenvalue weighted by molar-refractivity contribution is 5.88. The highest BCUT2D eigenvalue weighted by Crippen LogP contribution is 2.30. The van der Waals surface area contributed by atoms with Gasteiger partial charge in [-0.1, -0.05) is 60.7 Å². The number of ketones is 1. The SMILES string of the molecule is COC(C)C(C(=O)COC(=O)OCc1ccccc1)c1ncccc1OCc1ccccc1. The van der Waals surface area contributed by atoms with Gasteiger partial charge in [0.05, 0.1) is 17.7 Å². The molecule has 0 saturated carbocycles. The Morgan fingerprint density at radius 2 is 1.48 bits per heavy atom. The van der Waals surface area contributed by atoms with Gasteiger partial charge in [-0.25, -0.2) is 4.79 Å². The normalized spacial score (nSPS) is 12.4. The lowest BCUT2D eigenvalue weighted by Crippen LogP contribution is -2.30. The number of hydrogen-bond acceptors (Lipinski definition) is 7. The van der Waals surface area contributed by atoms with Crippen molar-refractivity contribution in [3.05, 3.63) is 95.8 Å². The number of ether oxygens (including phenoxy) is 4. The summed E-state index contributed by atoms with van der Waals surface area (Å²) in [7, 11) is 1.51. The molecule has 0 aliphatic carbocycles. The van der Waals surface area contributed by atoms with Crippen molar-refractivity contribution >= 4 is 11.9 Å². The van der Waals surface area contributed by atoms with E-state index in [-0.39, 0.29) is 12.4 Å². The molecule has 0 fully saturated rings. The molecule has 0 saturated heterocycles.